The summed E-state index contributed by atoms with van der Waals surface area (Å²) in [6, 6.07) is 6.28. The smallest absolute Gasteiger partial charge is 0.184 e. The number of rotatable bonds is 3. The fourth-order valence-electron chi connectivity index (χ4n) is 1.80. The molecule has 0 radical (unpaired) electrons. The van der Waals surface area contributed by atoms with Gasteiger partial charge in [-0.2, -0.15) is 0 Å². The van der Waals surface area contributed by atoms with Gasteiger partial charge in [0.25, 0.3) is 0 Å². The molecule has 0 aliphatic heterocycles. The Bertz CT molecular complexity index is 684. The number of aryl methyl sites for hydroxylation is 2. The van der Waals surface area contributed by atoms with E-state index in [0.29, 0.717) is 0 Å². The molecule has 0 atom stereocenters. The summed E-state index contributed by atoms with van der Waals surface area (Å²) in [5, 5.41) is 5.41. The number of nitrogens with one attached hydrogen (secondary N) is 1. The summed E-state index contributed by atoms with van der Waals surface area (Å²) >= 11 is 3.41. The maximum Gasteiger partial charge on any atom is 0.184 e. The van der Waals surface area contributed by atoms with Gasteiger partial charge >= 0.3 is 0 Å². The number of para-hydroxylation sites is 1. The average molecular weight is 275 g/mol. The lowest BCUT2D eigenvalue weighted by atomic mass is 10.2. The highest BCUT2D eigenvalue weighted by molar-refractivity contribution is 7.22. The molecule has 3 nitrogen and oxygen atoms in total. The Balaban J connectivity index is 1.81. The maximum absolute atomic E-state index is 4.62. The minimum Gasteiger partial charge on any atom is -0.355 e. The molecular formula is C13H13N3S2. The third-order valence-electron chi connectivity index (χ3n) is 2.68. The van der Waals surface area contributed by atoms with Gasteiger partial charge in [-0.25, -0.2) is 9.97 Å². The van der Waals surface area contributed by atoms with Crippen molar-refractivity contribution in [3.05, 3.63) is 39.8 Å². The first-order valence-corrected chi connectivity index (χ1v) is 7.37. The van der Waals surface area contributed by atoms with Crippen molar-refractivity contribution in [2.24, 2.45) is 0 Å². The Kier molecular flexibility index (Phi) is 3.01. The molecule has 0 aliphatic rings. The number of anilines is 1. The maximum atomic E-state index is 4.62. The fraction of sp³-hybridized carbons (Fsp3) is 0.231. The Hall–Kier alpha value is -1.46. The zero-order chi connectivity index (χ0) is 12.5. The minimum absolute atomic E-state index is 0.747. The topological polar surface area (TPSA) is 37.8 Å². The second-order valence-electron chi connectivity index (χ2n) is 4.16. The van der Waals surface area contributed by atoms with Crippen molar-refractivity contribution in [1.29, 1.82) is 0 Å². The van der Waals surface area contributed by atoms with Crippen molar-refractivity contribution in [3.8, 4) is 0 Å². The standard InChI is InChI=1S/C13H13N3S2/c1-8-4-3-5-10-12(8)16-13(18-10)15-7-11-14-6-9(2)17-11/h3-6H,7H2,1-2H3,(H,15,16). The number of hydrogen-bond acceptors (Lipinski definition) is 5. The van der Waals surface area contributed by atoms with E-state index in [2.05, 4.69) is 47.3 Å². The molecule has 1 aromatic carbocycles. The van der Waals surface area contributed by atoms with Crippen LogP contribution in [0.4, 0.5) is 5.13 Å². The predicted molar refractivity (Wildman–Crippen MR) is 78.5 cm³/mol. The van der Waals surface area contributed by atoms with Crippen LogP contribution in [0.3, 0.4) is 0 Å². The van der Waals surface area contributed by atoms with Gasteiger partial charge in [-0.15, -0.1) is 11.3 Å². The van der Waals surface area contributed by atoms with Crippen LogP contribution in [-0.4, -0.2) is 9.97 Å². The summed E-state index contributed by atoms with van der Waals surface area (Å²) in [7, 11) is 0. The highest BCUT2D eigenvalue weighted by Gasteiger charge is 2.06. The SMILES string of the molecule is Cc1cnc(CNc2nc3c(C)cccc3s2)s1. The molecule has 0 bridgehead atoms. The molecule has 3 rings (SSSR count). The van der Waals surface area contributed by atoms with Gasteiger partial charge in [0.2, 0.25) is 0 Å². The van der Waals surface area contributed by atoms with E-state index in [-0.39, 0.29) is 0 Å². The number of hydrogen-bond donors (Lipinski definition) is 1. The third-order valence-corrected chi connectivity index (χ3v) is 4.57. The molecule has 0 spiro atoms. The zero-order valence-electron chi connectivity index (χ0n) is 10.2. The van der Waals surface area contributed by atoms with Crippen molar-refractivity contribution in [2.75, 3.05) is 5.32 Å². The summed E-state index contributed by atoms with van der Waals surface area (Å²) in [5.41, 5.74) is 2.32. The van der Waals surface area contributed by atoms with Crippen LogP contribution < -0.4 is 5.32 Å². The van der Waals surface area contributed by atoms with Crippen LogP contribution in [0.2, 0.25) is 0 Å². The van der Waals surface area contributed by atoms with Crippen LogP contribution in [0.25, 0.3) is 10.2 Å². The van der Waals surface area contributed by atoms with Gasteiger partial charge in [-0.05, 0) is 25.5 Å². The van der Waals surface area contributed by atoms with E-state index >= 15 is 0 Å². The molecule has 2 aromatic heterocycles. The van der Waals surface area contributed by atoms with Crippen LogP contribution in [-0.2, 0) is 6.54 Å². The molecule has 2 heterocycles. The Morgan fingerprint density at radius 1 is 1.22 bits per heavy atom. The average Bonchev–Trinajstić information content (AvgIpc) is 2.93. The second kappa shape index (κ2) is 4.66. The number of aromatic nitrogens is 2. The van der Waals surface area contributed by atoms with E-state index in [9.17, 15) is 0 Å². The summed E-state index contributed by atoms with van der Waals surface area (Å²) in [5.74, 6) is 0. The zero-order valence-corrected chi connectivity index (χ0v) is 11.9. The molecule has 0 unspecified atom stereocenters. The summed E-state index contributed by atoms with van der Waals surface area (Å²) in [6.45, 7) is 4.91. The summed E-state index contributed by atoms with van der Waals surface area (Å²) in [6.07, 6.45) is 1.91. The molecule has 18 heavy (non-hydrogen) atoms. The van der Waals surface area contributed by atoms with Crippen molar-refractivity contribution < 1.29 is 0 Å². The normalized spacial score (nSPS) is 11.0. The first-order valence-electron chi connectivity index (χ1n) is 5.74. The molecule has 3 aromatic rings. The molecule has 5 heteroatoms. The van der Waals surface area contributed by atoms with Crippen molar-refractivity contribution in [2.45, 2.75) is 20.4 Å². The van der Waals surface area contributed by atoms with Gasteiger partial charge in [0, 0.05) is 11.1 Å². The summed E-state index contributed by atoms with van der Waals surface area (Å²) < 4.78 is 1.23. The van der Waals surface area contributed by atoms with Crippen LogP contribution in [0.1, 0.15) is 15.4 Å². The van der Waals surface area contributed by atoms with Gasteiger partial charge < -0.3 is 5.32 Å². The van der Waals surface area contributed by atoms with E-state index in [1.54, 1.807) is 22.7 Å². The summed E-state index contributed by atoms with van der Waals surface area (Å²) in [4.78, 5) is 10.2. The first kappa shape index (κ1) is 11.6. The van der Waals surface area contributed by atoms with Crippen molar-refractivity contribution >= 4 is 38.0 Å². The fourth-order valence-corrected chi connectivity index (χ4v) is 3.46. The van der Waals surface area contributed by atoms with Crippen LogP contribution in [0.15, 0.2) is 24.4 Å². The monoisotopic (exact) mass is 275 g/mol. The van der Waals surface area contributed by atoms with Gasteiger partial charge in [-0.1, -0.05) is 23.5 Å². The van der Waals surface area contributed by atoms with Crippen LogP contribution in [0, 0.1) is 13.8 Å². The van der Waals surface area contributed by atoms with Gasteiger partial charge in [0.05, 0.1) is 16.8 Å². The molecule has 0 saturated heterocycles. The molecule has 1 N–H and O–H groups in total. The van der Waals surface area contributed by atoms with Gasteiger partial charge in [0.15, 0.2) is 5.13 Å². The Morgan fingerprint density at radius 3 is 2.83 bits per heavy atom. The number of nitrogens with zero attached hydrogens (tertiary/aromatic N) is 2. The van der Waals surface area contributed by atoms with Gasteiger partial charge in [-0.3, -0.25) is 0 Å². The van der Waals surface area contributed by atoms with Crippen LogP contribution >= 0.6 is 22.7 Å². The lowest BCUT2D eigenvalue weighted by molar-refractivity contribution is 1.10. The van der Waals surface area contributed by atoms with Crippen molar-refractivity contribution in [3.63, 3.8) is 0 Å². The minimum atomic E-state index is 0.747. The molecule has 0 saturated carbocycles. The van der Waals surface area contributed by atoms with E-state index in [0.717, 1.165) is 22.2 Å². The largest absolute Gasteiger partial charge is 0.355 e. The Labute approximate surface area is 114 Å². The quantitative estimate of drug-likeness (QED) is 0.785. The van der Waals surface area contributed by atoms with Crippen LogP contribution in [0.5, 0.6) is 0 Å². The van der Waals surface area contributed by atoms with E-state index < -0.39 is 0 Å². The number of thiazole rings is 2. The molecular weight excluding hydrogens is 262 g/mol. The highest BCUT2D eigenvalue weighted by Crippen LogP contribution is 2.28. The third kappa shape index (κ3) is 2.23. The highest BCUT2D eigenvalue weighted by atomic mass is 32.1. The van der Waals surface area contributed by atoms with E-state index in [1.807, 2.05) is 6.20 Å². The lowest BCUT2D eigenvalue weighted by Gasteiger charge is -1.97. The molecule has 0 amide bonds. The molecule has 0 fully saturated rings. The second-order valence-corrected chi connectivity index (χ2v) is 6.51. The van der Waals surface area contributed by atoms with E-state index in [4.69, 9.17) is 0 Å². The Morgan fingerprint density at radius 2 is 2.11 bits per heavy atom. The number of fused-ring (bicyclic) bond motifs is 1. The van der Waals surface area contributed by atoms with Crippen molar-refractivity contribution in [1.82, 2.24) is 9.97 Å². The predicted octanol–water partition coefficient (Wildman–Crippen LogP) is 3.98. The van der Waals surface area contributed by atoms with E-state index in [1.165, 1.54) is 15.1 Å². The molecule has 0 aliphatic carbocycles. The lowest BCUT2D eigenvalue weighted by Crippen LogP contribution is -1.97. The number of benzene rings is 1. The molecule has 92 valence electrons. The first-order chi connectivity index (χ1) is 8.72. The van der Waals surface area contributed by atoms with Gasteiger partial charge in [0.1, 0.15) is 5.01 Å².